The van der Waals surface area contributed by atoms with Crippen LogP contribution in [0.1, 0.15) is 17.2 Å². The molecule has 1 atom stereocenters. The molecule has 0 amide bonds. The Morgan fingerprint density at radius 3 is 2.80 bits per heavy atom. The Morgan fingerprint density at radius 2 is 2.04 bits per heavy atom. The predicted octanol–water partition coefficient (Wildman–Crippen LogP) is 2.75. The fourth-order valence-electron chi connectivity index (χ4n) is 2.99. The Bertz CT molecular complexity index is 920. The summed E-state index contributed by atoms with van der Waals surface area (Å²) in [5.74, 6) is 2.02. The van der Waals surface area contributed by atoms with Crippen molar-refractivity contribution in [3.63, 3.8) is 0 Å². The van der Waals surface area contributed by atoms with E-state index in [-0.39, 0.29) is 6.04 Å². The number of hydrogen-bond donors (Lipinski definition) is 1. The Hall–Kier alpha value is -3.35. The van der Waals surface area contributed by atoms with Crippen LogP contribution < -0.4 is 14.8 Å². The monoisotopic (exact) mass is 335 g/mol. The SMILES string of the molecule is COc1cccc([C@@H]2C=C(c3cccnc3)Nc3ncnn32)c1OC. The van der Waals surface area contributed by atoms with Crippen molar-refractivity contribution in [2.24, 2.45) is 0 Å². The molecular weight excluding hydrogens is 318 g/mol. The van der Waals surface area contributed by atoms with Crippen LogP contribution in [0.4, 0.5) is 5.95 Å². The molecular formula is C18H17N5O2. The van der Waals surface area contributed by atoms with Crippen LogP contribution in [0.5, 0.6) is 11.5 Å². The first kappa shape index (κ1) is 15.2. The number of nitrogens with zero attached hydrogens (tertiary/aromatic N) is 4. The third-order valence-corrected chi connectivity index (χ3v) is 4.13. The molecule has 25 heavy (non-hydrogen) atoms. The molecule has 0 fully saturated rings. The van der Waals surface area contributed by atoms with Gasteiger partial charge in [-0.15, -0.1) is 0 Å². The lowest BCUT2D eigenvalue weighted by atomic mass is 10.0. The average Bonchev–Trinajstić information content (AvgIpc) is 3.16. The van der Waals surface area contributed by atoms with Gasteiger partial charge in [0.1, 0.15) is 12.4 Å². The maximum Gasteiger partial charge on any atom is 0.226 e. The number of allylic oxidation sites excluding steroid dienone is 1. The summed E-state index contributed by atoms with van der Waals surface area (Å²) in [5, 5.41) is 7.66. The normalized spacial score (nSPS) is 15.8. The highest BCUT2D eigenvalue weighted by atomic mass is 16.5. The molecule has 0 aliphatic carbocycles. The number of anilines is 1. The number of fused-ring (bicyclic) bond motifs is 1. The largest absolute Gasteiger partial charge is 0.493 e. The molecule has 4 rings (SSSR count). The smallest absolute Gasteiger partial charge is 0.226 e. The van der Waals surface area contributed by atoms with E-state index in [1.807, 2.05) is 41.2 Å². The van der Waals surface area contributed by atoms with Crippen molar-refractivity contribution < 1.29 is 9.47 Å². The summed E-state index contributed by atoms with van der Waals surface area (Å²) in [6.45, 7) is 0. The first-order chi connectivity index (χ1) is 12.3. The highest BCUT2D eigenvalue weighted by Gasteiger charge is 2.27. The molecule has 7 nitrogen and oxygen atoms in total. The van der Waals surface area contributed by atoms with Gasteiger partial charge in [0, 0.05) is 29.2 Å². The quantitative estimate of drug-likeness (QED) is 0.790. The highest BCUT2D eigenvalue weighted by molar-refractivity contribution is 5.77. The molecule has 0 saturated heterocycles. The molecule has 1 aliphatic heterocycles. The molecule has 1 N–H and O–H groups in total. The van der Waals surface area contributed by atoms with Gasteiger partial charge in [-0.2, -0.15) is 10.1 Å². The van der Waals surface area contributed by atoms with Crippen LogP contribution in [0.25, 0.3) is 5.70 Å². The Morgan fingerprint density at radius 1 is 1.12 bits per heavy atom. The van der Waals surface area contributed by atoms with E-state index >= 15 is 0 Å². The van der Waals surface area contributed by atoms with Gasteiger partial charge in [-0.05, 0) is 24.3 Å². The zero-order valence-corrected chi connectivity index (χ0v) is 13.9. The molecule has 126 valence electrons. The van der Waals surface area contributed by atoms with Crippen LogP contribution >= 0.6 is 0 Å². The molecule has 3 aromatic rings. The molecule has 3 heterocycles. The minimum absolute atomic E-state index is 0.181. The van der Waals surface area contributed by atoms with Crippen molar-refractivity contribution in [3.8, 4) is 11.5 Å². The Labute approximate surface area is 144 Å². The number of para-hydroxylation sites is 1. The zero-order chi connectivity index (χ0) is 17.2. The predicted molar refractivity (Wildman–Crippen MR) is 93.5 cm³/mol. The fraction of sp³-hybridized carbons (Fsp3) is 0.167. The number of benzene rings is 1. The number of methoxy groups -OCH3 is 2. The zero-order valence-electron chi connectivity index (χ0n) is 13.9. The van der Waals surface area contributed by atoms with Gasteiger partial charge in [-0.25, -0.2) is 4.68 Å². The van der Waals surface area contributed by atoms with E-state index in [9.17, 15) is 0 Å². The molecule has 0 spiro atoms. The number of ether oxygens (including phenoxy) is 2. The van der Waals surface area contributed by atoms with E-state index in [1.165, 1.54) is 6.33 Å². The van der Waals surface area contributed by atoms with E-state index in [1.54, 1.807) is 20.4 Å². The summed E-state index contributed by atoms with van der Waals surface area (Å²) in [5.41, 5.74) is 2.84. The summed E-state index contributed by atoms with van der Waals surface area (Å²) >= 11 is 0. The van der Waals surface area contributed by atoms with Crippen LogP contribution in [-0.2, 0) is 0 Å². The molecule has 0 bridgehead atoms. The second kappa shape index (κ2) is 6.27. The first-order valence-corrected chi connectivity index (χ1v) is 7.81. The van der Waals surface area contributed by atoms with Gasteiger partial charge in [0.05, 0.1) is 14.2 Å². The number of hydrogen-bond acceptors (Lipinski definition) is 6. The summed E-state index contributed by atoms with van der Waals surface area (Å²) in [4.78, 5) is 8.51. The minimum atomic E-state index is -0.181. The third kappa shape index (κ3) is 2.59. The molecule has 0 radical (unpaired) electrons. The Kier molecular flexibility index (Phi) is 3.81. The number of pyridine rings is 1. The lowest BCUT2D eigenvalue weighted by molar-refractivity contribution is 0.349. The van der Waals surface area contributed by atoms with Gasteiger partial charge >= 0.3 is 0 Å². The molecule has 0 unspecified atom stereocenters. The summed E-state index contributed by atoms with van der Waals surface area (Å²) in [7, 11) is 3.26. The van der Waals surface area contributed by atoms with Crippen molar-refractivity contribution in [1.29, 1.82) is 0 Å². The summed E-state index contributed by atoms with van der Waals surface area (Å²) in [6.07, 6.45) is 7.17. The van der Waals surface area contributed by atoms with Gasteiger partial charge < -0.3 is 14.8 Å². The molecule has 0 saturated carbocycles. The fourth-order valence-corrected chi connectivity index (χ4v) is 2.99. The van der Waals surface area contributed by atoms with E-state index in [0.717, 1.165) is 16.8 Å². The van der Waals surface area contributed by atoms with Crippen LogP contribution in [0.15, 0.2) is 55.1 Å². The van der Waals surface area contributed by atoms with Crippen molar-refractivity contribution in [3.05, 3.63) is 66.3 Å². The van der Waals surface area contributed by atoms with Gasteiger partial charge in [-0.3, -0.25) is 4.98 Å². The van der Waals surface area contributed by atoms with E-state index in [0.29, 0.717) is 17.4 Å². The first-order valence-electron chi connectivity index (χ1n) is 7.81. The number of nitrogens with one attached hydrogen (secondary N) is 1. The standard InChI is InChI=1S/C18H17N5O2/c1-24-16-7-3-6-13(17(16)25-2)15-9-14(12-5-4-8-19-10-12)22-18-20-11-21-23(15)18/h3-11,15H,1-2H3,(H,20,21,22)/t15-/m0/s1. The van der Waals surface area contributed by atoms with E-state index in [4.69, 9.17) is 9.47 Å². The van der Waals surface area contributed by atoms with E-state index < -0.39 is 0 Å². The lowest BCUT2D eigenvalue weighted by Crippen LogP contribution is -2.20. The van der Waals surface area contributed by atoms with Crippen molar-refractivity contribution >= 4 is 11.6 Å². The number of rotatable bonds is 4. The Balaban J connectivity index is 1.87. The van der Waals surface area contributed by atoms with Crippen LogP contribution in [0.2, 0.25) is 0 Å². The van der Waals surface area contributed by atoms with Gasteiger partial charge in [-0.1, -0.05) is 12.1 Å². The topological polar surface area (TPSA) is 74.1 Å². The summed E-state index contributed by atoms with van der Waals surface area (Å²) < 4.78 is 12.9. The van der Waals surface area contributed by atoms with Crippen molar-refractivity contribution in [1.82, 2.24) is 19.7 Å². The van der Waals surface area contributed by atoms with Crippen LogP contribution in [-0.4, -0.2) is 34.0 Å². The average molecular weight is 335 g/mol. The molecule has 1 aliphatic rings. The molecule has 2 aromatic heterocycles. The maximum absolute atomic E-state index is 5.60. The van der Waals surface area contributed by atoms with Crippen LogP contribution in [0, 0.1) is 0 Å². The molecule has 7 heteroatoms. The van der Waals surface area contributed by atoms with Gasteiger partial charge in [0.2, 0.25) is 5.95 Å². The van der Waals surface area contributed by atoms with Crippen LogP contribution in [0.3, 0.4) is 0 Å². The highest BCUT2D eigenvalue weighted by Crippen LogP contribution is 2.40. The van der Waals surface area contributed by atoms with E-state index in [2.05, 4.69) is 26.5 Å². The second-order valence-corrected chi connectivity index (χ2v) is 5.50. The lowest BCUT2D eigenvalue weighted by Gasteiger charge is -2.26. The maximum atomic E-state index is 5.60. The summed E-state index contributed by atoms with van der Waals surface area (Å²) in [6, 6.07) is 9.53. The third-order valence-electron chi connectivity index (χ3n) is 4.13. The second-order valence-electron chi connectivity index (χ2n) is 5.50. The van der Waals surface area contributed by atoms with Crippen molar-refractivity contribution in [2.45, 2.75) is 6.04 Å². The van der Waals surface area contributed by atoms with Gasteiger partial charge in [0.25, 0.3) is 0 Å². The number of aromatic nitrogens is 4. The molecule has 1 aromatic carbocycles. The van der Waals surface area contributed by atoms with Gasteiger partial charge in [0.15, 0.2) is 11.5 Å². The van der Waals surface area contributed by atoms with Crippen molar-refractivity contribution in [2.75, 3.05) is 19.5 Å². The minimum Gasteiger partial charge on any atom is -0.493 e.